The monoisotopic (exact) mass is 206 g/mol. The molecule has 2 aromatic rings. The number of aromatic nitrogens is 5. The molecule has 0 fully saturated rings. The molecule has 2 heterocycles. The van der Waals surface area contributed by atoms with Crippen LogP contribution in [0.4, 0.5) is 5.95 Å². The Labute approximate surface area is 87.7 Å². The van der Waals surface area contributed by atoms with E-state index in [4.69, 9.17) is 5.73 Å². The van der Waals surface area contributed by atoms with Crippen LogP contribution in [0.1, 0.15) is 11.4 Å². The Morgan fingerprint density at radius 1 is 1.27 bits per heavy atom. The fourth-order valence-corrected chi connectivity index (χ4v) is 1.52. The third-order valence-electron chi connectivity index (χ3n) is 2.20. The summed E-state index contributed by atoms with van der Waals surface area (Å²) in [7, 11) is 0. The molecule has 0 aliphatic rings. The van der Waals surface area contributed by atoms with Crippen LogP contribution >= 0.6 is 0 Å². The molecule has 0 aliphatic heterocycles. The second-order valence-corrected chi connectivity index (χ2v) is 3.52. The summed E-state index contributed by atoms with van der Waals surface area (Å²) >= 11 is 0. The lowest BCUT2D eigenvalue weighted by molar-refractivity contribution is 0.491. The van der Waals surface area contributed by atoms with Crippen LogP contribution in [0.2, 0.25) is 0 Å². The largest absolute Gasteiger partial charge is 0.367 e. The van der Waals surface area contributed by atoms with E-state index in [1.54, 1.807) is 11.0 Å². The summed E-state index contributed by atoms with van der Waals surface area (Å²) in [4.78, 5) is 3.86. The van der Waals surface area contributed by atoms with Gasteiger partial charge in [0, 0.05) is 5.69 Å². The zero-order valence-corrected chi connectivity index (χ0v) is 8.88. The fraction of sp³-hybridized carbons (Fsp3) is 0.444. The Balaban J connectivity index is 2.01. The standard InChI is InChI=1S/C9H14N6/c1-7-5-8(2)15(12-7)4-3-14-6-11-9(10)13-14/h5-6H,3-4H2,1-2H3,(H2,10,13). The summed E-state index contributed by atoms with van der Waals surface area (Å²) in [5.74, 6) is 0.309. The van der Waals surface area contributed by atoms with E-state index in [0.717, 1.165) is 24.5 Å². The molecule has 0 unspecified atom stereocenters. The summed E-state index contributed by atoms with van der Waals surface area (Å²) in [6, 6.07) is 2.05. The normalized spacial score (nSPS) is 10.8. The molecule has 6 nitrogen and oxygen atoms in total. The summed E-state index contributed by atoms with van der Waals surface area (Å²) in [6.07, 6.45) is 1.63. The van der Waals surface area contributed by atoms with Gasteiger partial charge >= 0.3 is 0 Å². The number of nitrogen functional groups attached to an aromatic ring is 1. The summed E-state index contributed by atoms with van der Waals surface area (Å²) in [6.45, 7) is 5.53. The molecule has 2 rings (SSSR count). The minimum Gasteiger partial charge on any atom is -0.367 e. The van der Waals surface area contributed by atoms with Gasteiger partial charge in [0.2, 0.25) is 5.95 Å². The fourth-order valence-electron chi connectivity index (χ4n) is 1.52. The molecule has 0 saturated heterocycles. The minimum atomic E-state index is 0.309. The van der Waals surface area contributed by atoms with E-state index in [1.807, 2.05) is 18.5 Å². The van der Waals surface area contributed by atoms with Crippen LogP contribution in [-0.4, -0.2) is 24.5 Å². The van der Waals surface area contributed by atoms with Gasteiger partial charge in [0.25, 0.3) is 0 Å². The van der Waals surface area contributed by atoms with Crippen LogP contribution in [-0.2, 0) is 13.1 Å². The quantitative estimate of drug-likeness (QED) is 0.787. The predicted octanol–water partition coefficient (Wildman–Crippen LogP) is 0.374. The number of hydrogen-bond acceptors (Lipinski definition) is 4. The Morgan fingerprint density at radius 2 is 2.07 bits per heavy atom. The van der Waals surface area contributed by atoms with Crippen LogP contribution < -0.4 is 5.73 Å². The van der Waals surface area contributed by atoms with E-state index < -0.39 is 0 Å². The minimum absolute atomic E-state index is 0.309. The average Bonchev–Trinajstić information content (AvgIpc) is 2.70. The second-order valence-electron chi connectivity index (χ2n) is 3.52. The van der Waals surface area contributed by atoms with E-state index in [0.29, 0.717) is 5.95 Å². The van der Waals surface area contributed by atoms with E-state index in [-0.39, 0.29) is 0 Å². The van der Waals surface area contributed by atoms with Crippen LogP contribution in [0.15, 0.2) is 12.4 Å². The van der Waals surface area contributed by atoms with Crippen molar-refractivity contribution in [2.24, 2.45) is 0 Å². The highest BCUT2D eigenvalue weighted by atomic mass is 15.4. The molecule has 0 spiro atoms. The van der Waals surface area contributed by atoms with Gasteiger partial charge in [-0.15, -0.1) is 5.10 Å². The van der Waals surface area contributed by atoms with Crippen LogP contribution in [0, 0.1) is 13.8 Å². The first kappa shape index (κ1) is 9.70. The lowest BCUT2D eigenvalue weighted by Gasteiger charge is -2.03. The highest BCUT2D eigenvalue weighted by molar-refractivity contribution is 5.09. The van der Waals surface area contributed by atoms with Gasteiger partial charge < -0.3 is 5.73 Å². The van der Waals surface area contributed by atoms with Crippen molar-refractivity contribution in [3.8, 4) is 0 Å². The summed E-state index contributed by atoms with van der Waals surface area (Å²) in [5, 5.41) is 8.36. The van der Waals surface area contributed by atoms with Crippen LogP contribution in [0.3, 0.4) is 0 Å². The molecule has 0 aliphatic carbocycles. The van der Waals surface area contributed by atoms with Crippen molar-refractivity contribution in [3.63, 3.8) is 0 Å². The molecule has 0 amide bonds. The maximum atomic E-state index is 5.42. The molecule has 0 atom stereocenters. The van der Waals surface area contributed by atoms with Crippen LogP contribution in [0.5, 0.6) is 0 Å². The van der Waals surface area contributed by atoms with Gasteiger partial charge in [-0.1, -0.05) is 0 Å². The van der Waals surface area contributed by atoms with E-state index in [1.165, 1.54) is 0 Å². The highest BCUT2D eigenvalue weighted by Crippen LogP contribution is 2.02. The van der Waals surface area contributed by atoms with Gasteiger partial charge in [-0.3, -0.25) is 4.68 Å². The highest BCUT2D eigenvalue weighted by Gasteiger charge is 2.01. The van der Waals surface area contributed by atoms with Gasteiger partial charge in [0.05, 0.1) is 18.8 Å². The summed E-state index contributed by atoms with van der Waals surface area (Å²) < 4.78 is 3.67. The second kappa shape index (κ2) is 3.72. The third-order valence-corrected chi connectivity index (χ3v) is 2.20. The van der Waals surface area contributed by atoms with E-state index >= 15 is 0 Å². The molecule has 0 radical (unpaired) electrons. The average molecular weight is 206 g/mol. The molecule has 0 bridgehead atoms. The Bertz CT molecular complexity index is 455. The van der Waals surface area contributed by atoms with Crippen molar-refractivity contribution in [1.82, 2.24) is 24.5 Å². The molecule has 2 N–H and O–H groups in total. The molecule has 2 aromatic heterocycles. The van der Waals surface area contributed by atoms with Crippen molar-refractivity contribution in [2.75, 3.05) is 5.73 Å². The lowest BCUT2D eigenvalue weighted by Crippen LogP contribution is -2.10. The molecular formula is C9H14N6. The number of rotatable bonds is 3. The number of nitrogens with zero attached hydrogens (tertiary/aromatic N) is 5. The van der Waals surface area contributed by atoms with E-state index in [2.05, 4.69) is 21.2 Å². The van der Waals surface area contributed by atoms with Crippen molar-refractivity contribution in [2.45, 2.75) is 26.9 Å². The van der Waals surface area contributed by atoms with Crippen molar-refractivity contribution >= 4 is 5.95 Å². The predicted molar refractivity (Wildman–Crippen MR) is 56.1 cm³/mol. The zero-order valence-electron chi connectivity index (χ0n) is 8.88. The number of hydrogen-bond donors (Lipinski definition) is 1. The van der Waals surface area contributed by atoms with Gasteiger partial charge in [0.1, 0.15) is 6.33 Å². The molecule has 6 heteroatoms. The van der Waals surface area contributed by atoms with Crippen molar-refractivity contribution < 1.29 is 0 Å². The number of anilines is 1. The van der Waals surface area contributed by atoms with Crippen LogP contribution in [0.25, 0.3) is 0 Å². The van der Waals surface area contributed by atoms with Gasteiger partial charge in [-0.25, -0.2) is 9.67 Å². The Kier molecular flexibility index (Phi) is 2.40. The zero-order chi connectivity index (χ0) is 10.8. The molecule has 15 heavy (non-hydrogen) atoms. The Hall–Kier alpha value is -1.85. The smallest absolute Gasteiger partial charge is 0.239 e. The van der Waals surface area contributed by atoms with E-state index in [9.17, 15) is 0 Å². The van der Waals surface area contributed by atoms with Crippen molar-refractivity contribution in [1.29, 1.82) is 0 Å². The number of nitrogens with two attached hydrogens (primary N) is 1. The number of aryl methyl sites for hydroxylation is 4. The van der Waals surface area contributed by atoms with Gasteiger partial charge in [-0.05, 0) is 19.9 Å². The third kappa shape index (κ3) is 2.15. The van der Waals surface area contributed by atoms with Crippen molar-refractivity contribution in [3.05, 3.63) is 23.8 Å². The lowest BCUT2D eigenvalue weighted by atomic mass is 10.4. The molecule has 80 valence electrons. The maximum absolute atomic E-state index is 5.42. The molecular weight excluding hydrogens is 192 g/mol. The van der Waals surface area contributed by atoms with Gasteiger partial charge in [0.15, 0.2) is 0 Å². The first-order valence-electron chi connectivity index (χ1n) is 4.81. The van der Waals surface area contributed by atoms with Gasteiger partial charge in [-0.2, -0.15) is 5.10 Å². The topological polar surface area (TPSA) is 74.5 Å². The Morgan fingerprint density at radius 3 is 2.60 bits per heavy atom. The maximum Gasteiger partial charge on any atom is 0.239 e. The molecule has 0 aromatic carbocycles. The summed E-state index contributed by atoms with van der Waals surface area (Å²) in [5.41, 5.74) is 7.60. The SMILES string of the molecule is Cc1cc(C)n(CCn2cnc(N)n2)n1. The first-order chi connectivity index (χ1) is 7.15. The first-order valence-corrected chi connectivity index (χ1v) is 4.81. The molecule has 0 saturated carbocycles.